The number of carbonyl (C=O) groups is 2. The molecule has 0 saturated heterocycles. The van der Waals surface area contributed by atoms with E-state index in [0.29, 0.717) is 5.56 Å². The summed E-state index contributed by atoms with van der Waals surface area (Å²) in [5.41, 5.74) is 5.98. The van der Waals surface area contributed by atoms with Crippen LogP contribution in [0.15, 0.2) is 66.9 Å². The summed E-state index contributed by atoms with van der Waals surface area (Å²) in [6.45, 7) is 2.01. The average Bonchev–Trinajstić information content (AvgIpc) is 3.06. The number of hydrogen-bond donors (Lipinski definition) is 2. The Morgan fingerprint density at radius 1 is 1.03 bits per heavy atom. The molecule has 0 aliphatic heterocycles. The number of aliphatic carboxylic acids is 1. The van der Waals surface area contributed by atoms with Gasteiger partial charge in [-0.2, -0.15) is 0 Å². The van der Waals surface area contributed by atoms with Gasteiger partial charge in [-0.25, -0.2) is 4.79 Å². The lowest BCUT2D eigenvalue weighted by molar-refractivity contribution is -0.137. The molecule has 0 saturated carbocycles. The zero-order chi connectivity index (χ0) is 21.1. The maximum atomic E-state index is 12.5. The lowest BCUT2D eigenvalue weighted by Crippen LogP contribution is -2.31. The molecule has 0 bridgehead atoms. The first-order chi connectivity index (χ1) is 14.5. The lowest BCUT2D eigenvalue weighted by atomic mass is 9.98. The Morgan fingerprint density at radius 2 is 1.67 bits per heavy atom. The largest absolute Gasteiger partial charge is 0.481 e. The molecule has 4 rings (SSSR count). The number of carboxylic acid groups (broad SMARTS) is 1. The summed E-state index contributed by atoms with van der Waals surface area (Å²) in [4.78, 5) is 28.0. The fourth-order valence-corrected chi connectivity index (χ4v) is 3.89. The highest BCUT2D eigenvalue weighted by molar-refractivity contribution is 5.79. The van der Waals surface area contributed by atoms with Gasteiger partial charge in [0, 0.05) is 17.8 Å². The Morgan fingerprint density at radius 3 is 2.23 bits per heavy atom. The van der Waals surface area contributed by atoms with Gasteiger partial charge in [-0.1, -0.05) is 54.6 Å². The molecule has 0 radical (unpaired) electrons. The summed E-state index contributed by atoms with van der Waals surface area (Å²) >= 11 is 0. The molecule has 2 aromatic carbocycles. The molecule has 1 amide bonds. The molecule has 152 valence electrons. The quantitative estimate of drug-likeness (QED) is 0.636. The van der Waals surface area contributed by atoms with Crippen LogP contribution in [0.4, 0.5) is 4.79 Å². The number of rotatable bonds is 6. The number of carboxylic acids is 1. The van der Waals surface area contributed by atoms with Gasteiger partial charge in [0.15, 0.2) is 0 Å². The maximum Gasteiger partial charge on any atom is 0.407 e. The highest BCUT2D eigenvalue weighted by Gasteiger charge is 2.29. The number of fused-ring (bicyclic) bond motifs is 3. The van der Waals surface area contributed by atoms with E-state index in [4.69, 9.17) is 4.74 Å². The number of alkyl carbamates (subject to hydrolysis) is 1. The fraction of sp³-hybridized carbons (Fsp3) is 0.208. The maximum absolute atomic E-state index is 12.5. The third kappa shape index (κ3) is 4.03. The summed E-state index contributed by atoms with van der Waals surface area (Å²) in [6, 6.07) is 19.0. The molecule has 2 N–H and O–H groups in total. The van der Waals surface area contributed by atoms with Crippen molar-refractivity contribution < 1.29 is 19.4 Å². The molecule has 1 aliphatic rings. The van der Waals surface area contributed by atoms with Gasteiger partial charge in [0.1, 0.15) is 6.61 Å². The Balaban J connectivity index is 1.47. The molecule has 0 unspecified atom stereocenters. The number of carbonyl (C=O) groups excluding carboxylic acids is 1. The average molecular weight is 402 g/mol. The van der Waals surface area contributed by atoms with Crippen molar-refractivity contribution in [1.82, 2.24) is 10.3 Å². The van der Waals surface area contributed by atoms with Crippen LogP contribution in [0.5, 0.6) is 0 Å². The van der Waals surface area contributed by atoms with Crippen molar-refractivity contribution in [1.29, 1.82) is 0 Å². The topological polar surface area (TPSA) is 88.5 Å². The van der Waals surface area contributed by atoms with Crippen molar-refractivity contribution >= 4 is 12.1 Å². The van der Waals surface area contributed by atoms with E-state index in [1.165, 1.54) is 0 Å². The van der Waals surface area contributed by atoms with Gasteiger partial charge in [0.2, 0.25) is 0 Å². The minimum Gasteiger partial charge on any atom is -0.481 e. The Kier molecular flexibility index (Phi) is 5.48. The number of aromatic nitrogens is 1. The van der Waals surface area contributed by atoms with Crippen molar-refractivity contribution in [2.24, 2.45) is 0 Å². The third-order valence-electron chi connectivity index (χ3n) is 5.35. The predicted molar refractivity (Wildman–Crippen MR) is 112 cm³/mol. The lowest BCUT2D eigenvalue weighted by Gasteiger charge is -2.19. The van der Waals surface area contributed by atoms with Gasteiger partial charge >= 0.3 is 12.1 Å². The van der Waals surface area contributed by atoms with Crippen LogP contribution in [0.25, 0.3) is 11.1 Å². The molecule has 0 spiro atoms. The van der Waals surface area contributed by atoms with Gasteiger partial charge in [0.05, 0.1) is 12.5 Å². The van der Waals surface area contributed by atoms with Crippen molar-refractivity contribution in [2.45, 2.75) is 25.3 Å². The van der Waals surface area contributed by atoms with Crippen LogP contribution >= 0.6 is 0 Å². The number of pyridine rings is 1. The normalized spacial score (nSPS) is 13.2. The van der Waals surface area contributed by atoms with Crippen LogP contribution in [-0.4, -0.2) is 28.8 Å². The monoisotopic (exact) mass is 402 g/mol. The summed E-state index contributed by atoms with van der Waals surface area (Å²) in [5.74, 6) is -1.07. The molecule has 6 nitrogen and oxygen atoms in total. The highest BCUT2D eigenvalue weighted by Crippen LogP contribution is 2.44. The SMILES string of the molecule is Cc1ccc([C@@H](CC(=O)O)NC(=O)OCC2c3ccccc3-c3ccccc32)cn1. The number of nitrogens with one attached hydrogen (secondary N) is 1. The summed E-state index contributed by atoms with van der Waals surface area (Å²) in [5, 5.41) is 11.9. The molecule has 1 aromatic heterocycles. The molecule has 3 aromatic rings. The van der Waals surface area contributed by atoms with Gasteiger partial charge in [-0.05, 0) is 40.8 Å². The van der Waals surface area contributed by atoms with Crippen LogP contribution in [-0.2, 0) is 9.53 Å². The molecule has 1 atom stereocenters. The predicted octanol–water partition coefficient (Wildman–Crippen LogP) is 4.44. The highest BCUT2D eigenvalue weighted by atomic mass is 16.5. The van der Waals surface area contributed by atoms with Gasteiger partial charge in [-0.15, -0.1) is 0 Å². The molecular formula is C24H22N2O4. The Labute approximate surface area is 174 Å². The van der Waals surface area contributed by atoms with Gasteiger partial charge in [0.25, 0.3) is 0 Å². The minimum atomic E-state index is -1.01. The van der Waals surface area contributed by atoms with Crippen molar-refractivity contribution in [3.8, 4) is 11.1 Å². The second kappa shape index (κ2) is 8.37. The minimum absolute atomic E-state index is 0.0536. The second-order valence-electron chi connectivity index (χ2n) is 7.35. The summed E-state index contributed by atoms with van der Waals surface area (Å²) in [6.07, 6.45) is 0.672. The van der Waals surface area contributed by atoms with Crippen LogP contribution in [0.1, 0.15) is 40.8 Å². The zero-order valence-corrected chi connectivity index (χ0v) is 16.5. The van der Waals surface area contributed by atoms with E-state index in [2.05, 4.69) is 22.4 Å². The first kappa shape index (κ1) is 19.6. The number of benzene rings is 2. The molecule has 1 heterocycles. The number of aryl methyl sites for hydroxylation is 1. The van der Waals surface area contributed by atoms with Gasteiger partial charge in [-0.3, -0.25) is 9.78 Å². The summed E-state index contributed by atoms with van der Waals surface area (Å²) < 4.78 is 5.53. The van der Waals surface area contributed by atoms with E-state index in [1.807, 2.05) is 43.3 Å². The first-order valence-electron chi connectivity index (χ1n) is 9.79. The van der Waals surface area contributed by atoms with Crippen LogP contribution in [0.3, 0.4) is 0 Å². The van der Waals surface area contributed by atoms with E-state index in [-0.39, 0.29) is 18.9 Å². The van der Waals surface area contributed by atoms with Crippen molar-refractivity contribution in [2.75, 3.05) is 6.61 Å². The van der Waals surface area contributed by atoms with E-state index < -0.39 is 18.1 Å². The van der Waals surface area contributed by atoms with Crippen LogP contribution in [0.2, 0.25) is 0 Å². The second-order valence-corrected chi connectivity index (χ2v) is 7.35. The Bertz CT molecular complexity index is 1030. The molecular weight excluding hydrogens is 380 g/mol. The van der Waals surface area contributed by atoms with Crippen LogP contribution < -0.4 is 5.32 Å². The number of amides is 1. The smallest absolute Gasteiger partial charge is 0.407 e. The molecule has 6 heteroatoms. The standard InChI is InChI=1S/C24H22N2O4/c1-15-10-11-16(13-25-15)22(12-23(27)28)26-24(29)30-14-21-19-8-4-2-6-17(19)18-7-3-5-9-20(18)21/h2-11,13,21-22H,12,14H2,1H3,(H,26,29)(H,27,28)/t22-/m1/s1. The van der Waals surface area contributed by atoms with E-state index in [0.717, 1.165) is 27.9 Å². The van der Waals surface area contributed by atoms with Crippen molar-refractivity contribution in [3.05, 3.63) is 89.2 Å². The fourth-order valence-electron chi connectivity index (χ4n) is 3.89. The summed E-state index contributed by atoms with van der Waals surface area (Å²) in [7, 11) is 0. The van der Waals surface area contributed by atoms with Gasteiger partial charge < -0.3 is 15.2 Å². The van der Waals surface area contributed by atoms with E-state index in [9.17, 15) is 14.7 Å². The number of ether oxygens (including phenoxy) is 1. The van der Waals surface area contributed by atoms with Crippen LogP contribution in [0, 0.1) is 6.92 Å². The first-order valence-corrected chi connectivity index (χ1v) is 9.79. The number of hydrogen-bond acceptors (Lipinski definition) is 4. The van der Waals surface area contributed by atoms with E-state index >= 15 is 0 Å². The van der Waals surface area contributed by atoms with E-state index in [1.54, 1.807) is 18.3 Å². The third-order valence-corrected chi connectivity index (χ3v) is 5.35. The van der Waals surface area contributed by atoms with Crippen molar-refractivity contribution in [3.63, 3.8) is 0 Å². The zero-order valence-electron chi connectivity index (χ0n) is 16.5. The Hall–Kier alpha value is -3.67. The molecule has 30 heavy (non-hydrogen) atoms. The molecule has 1 aliphatic carbocycles. The number of nitrogens with zero attached hydrogens (tertiary/aromatic N) is 1. The molecule has 0 fully saturated rings.